The van der Waals surface area contributed by atoms with Gasteiger partial charge in [-0.05, 0) is 45.1 Å². The van der Waals surface area contributed by atoms with Gasteiger partial charge in [0.2, 0.25) is 0 Å². The lowest BCUT2D eigenvalue weighted by atomic mass is 9.95. The molecule has 74 valence electrons. The minimum absolute atomic E-state index is 0.869. The predicted octanol–water partition coefficient (Wildman–Crippen LogP) is 2.83. The van der Waals surface area contributed by atoms with E-state index in [1.165, 1.54) is 38.8 Å². The van der Waals surface area contributed by atoms with Crippen LogP contribution in [-0.4, -0.2) is 24.0 Å². The van der Waals surface area contributed by atoms with E-state index in [4.69, 9.17) is 0 Å². The molecule has 1 heterocycles. The largest absolute Gasteiger partial charge is 0.300 e. The molecule has 1 fully saturated rings. The SMILES string of the molecule is CC1=CCC(N2CCC(C)C2)CC1. The number of rotatable bonds is 1. The number of hydrogen-bond donors (Lipinski definition) is 0. The molecular weight excluding hydrogens is 158 g/mol. The van der Waals surface area contributed by atoms with Crippen LogP contribution in [0.15, 0.2) is 11.6 Å². The van der Waals surface area contributed by atoms with Crippen molar-refractivity contribution in [1.29, 1.82) is 0 Å². The van der Waals surface area contributed by atoms with E-state index >= 15 is 0 Å². The summed E-state index contributed by atoms with van der Waals surface area (Å²) in [7, 11) is 0. The second-order valence-electron chi connectivity index (χ2n) is 4.87. The first-order valence-corrected chi connectivity index (χ1v) is 5.65. The monoisotopic (exact) mass is 179 g/mol. The molecule has 0 saturated carbocycles. The normalized spacial score (nSPS) is 36.3. The summed E-state index contributed by atoms with van der Waals surface area (Å²) >= 11 is 0. The molecule has 0 bridgehead atoms. The van der Waals surface area contributed by atoms with E-state index in [0.717, 1.165) is 12.0 Å². The molecule has 1 nitrogen and oxygen atoms in total. The van der Waals surface area contributed by atoms with E-state index in [1.54, 1.807) is 5.57 Å². The molecule has 2 aliphatic rings. The summed E-state index contributed by atoms with van der Waals surface area (Å²) in [6.45, 7) is 7.34. The molecule has 0 aromatic carbocycles. The Kier molecular flexibility index (Phi) is 2.73. The van der Waals surface area contributed by atoms with Crippen molar-refractivity contribution in [3.05, 3.63) is 11.6 Å². The van der Waals surface area contributed by atoms with Gasteiger partial charge in [-0.25, -0.2) is 0 Å². The molecule has 1 aliphatic carbocycles. The summed E-state index contributed by atoms with van der Waals surface area (Å²) in [6, 6.07) is 0.869. The maximum absolute atomic E-state index is 2.70. The second-order valence-corrected chi connectivity index (χ2v) is 4.87. The average Bonchev–Trinajstić information content (AvgIpc) is 2.53. The number of allylic oxidation sites excluding steroid dienone is 1. The van der Waals surface area contributed by atoms with Crippen molar-refractivity contribution in [2.24, 2.45) is 5.92 Å². The Labute approximate surface area is 81.8 Å². The van der Waals surface area contributed by atoms with E-state index in [-0.39, 0.29) is 0 Å². The zero-order valence-corrected chi connectivity index (χ0v) is 8.92. The molecule has 0 aromatic heterocycles. The molecule has 1 aliphatic heterocycles. The summed E-state index contributed by atoms with van der Waals surface area (Å²) in [4.78, 5) is 2.70. The van der Waals surface area contributed by atoms with Gasteiger partial charge in [-0.2, -0.15) is 0 Å². The first kappa shape index (κ1) is 9.26. The van der Waals surface area contributed by atoms with Gasteiger partial charge < -0.3 is 0 Å². The maximum Gasteiger partial charge on any atom is 0.0133 e. The van der Waals surface area contributed by atoms with Crippen LogP contribution < -0.4 is 0 Å². The van der Waals surface area contributed by atoms with Crippen LogP contribution in [0.1, 0.15) is 39.5 Å². The highest BCUT2D eigenvalue weighted by Gasteiger charge is 2.26. The molecule has 1 saturated heterocycles. The maximum atomic E-state index is 2.70. The Bertz CT molecular complexity index is 207. The second kappa shape index (κ2) is 3.83. The van der Waals surface area contributed by atoms with Crippen molar-refractivity contribution in [2.75, 3.05) is 13.1 Å². The molecule has 1 heteroatoms. The molecule has 13 heavy (non-hydrogen) atoms. The van der Waals surface area contributed by atoms with E-state index in [1.807, 2.05) is 0 Å². The third kappa shape index (κ3) is 2.14. The summed E-state index contributed by atoms with van der Waals surface area (Å²) in [6.07, 6.45) is 7.89. The van der Waals surface area contributed by atoms with E-state index in [9.17, 15) is 0 Å². The fourth-order valence-corrected chi connectivity index (χ4v) is 2.58. The first-order chi connectivity index (χ1) is 6.25. The Morgan fingerprint density at radius 2 is 2.23 bits per heavy atom. The number of hydrogen-bond acceptors (Lipinski definition) is 1. The van der Waals surface area contributed by atoms with E-state index in [2.05, 4.69) is 24.8 Å². The van der Waals surface area contributed by atoms with Crippen molar-refractivity contribution < 1.29 is 0 Å². The van der Waals surface area contributed by atoms with Crippen LogP contribution in [0.4, 0.5) is 0 Å². The summed E-state index contributed by atoms with van der Waals surface area (Å²) in [5, 5.41) is 0. The Hall–Kier alpha value is -0.300. The van der Waals surface area contributed by atoms with Gasteiger partial charge in [0.1, 0.15) is 0 Å². The summed E-state index contributed by atoms with van der Waals surface area (Å²) < 4.78 is 0. The molecule has 2 rings (SSSR count). The van der Waals surface area contributed by atoms with Gasteiger partial charge >= 0.3 is 0 Å². The van der Waals surface area contributed by atoms with Crippen molar-refractivity contribution in [2.45, 2.75) is 45.6 Å². The number of likely N-dealkylation sites (tertiary alicyclic amines) is 1. The van der Waals surface area contributed by atoms with Gasteiger partial charge in [-0.1, -0.05) is 18.6 Å². The van der Waals surface area contributed by atoms with Crippen LogP contribution in [-0.2, 0) is 0 Å². The summed E-state index contributed by atoms with van der Waals surface area (Å²) in [5.41, 5.74) is 1.60. The quantitative estimate of drug-likeness (QED) is 0.559. The third-order valence-corrected chi connectivity index (χ3v) is 3.58. The van der Waals surface area contributed by atoms with Crippen LogP contribution in [0.2, 0.25) is 0 Å². The van der Waals surface area contributed by atoms with Crippen LogP contribution in [0, 0.1) is 5.92 Å². The lowest BCUT2D eigenvalue weighted by Crippen LogP contribution is -2.34. The highest BCUT2D eigenvalue weighted by atomic mass is 15.2. The fourth-order valence-electron chi connectivity index (χ4n) is 2.58. The molecule has 0 aromatic rings. The molecule has 0 amide bonds. The van der Waals surface area contributed by atoms with Gasteiger partial charge in [0.25, 0.3) is 0 Å². The van der Waals surface area contributed by atoms with Crippen LogP contribution in [0.25, 0.3) is 0 Å². The van der Waals surface area contributed by atoms with Gasteiger partial charge in [-0.3, -0.25) is 4.90 Å². The lowest BCUT2D eigenvalue weighted by Gasteiger charge is -2.29. The van der Waals surface area contributed by atoms with Gasteiger partial charge in [0.05, 0.1) is 0 Å². The highest BCUT2D eigenvalue weighted by molar-refractivity contribution is 5.05. The number of nitrogens with zero attached hydrogens (tertiary/aromatic N) is 1. The smallest absolute Gasteiger partial charge is 0.0133 e. The third-order valence-electron chi connectivity index (χ3n) is 3.58. The molecule has 0 N–H and O–H groups in total. The van der Waals surface area contributed by atoms with Gasteiger partial charge in [0, 0.05) is 12.6 Å². The topological polar surface area (TPSA) is 3.24 Å². The summed E-state index contributed by atoms with van der Waals surface area (Å²) in [5.74, 6) is 0.937. The Morgan fingerprint density at radius 3 is 2.77 bits per heavy atom. The Balaban J connectivity index is 1.88. The standard InChI is InChI=1S/C12H21N/c1-10-3-5-12(6-4-10)13-8-7-11(2)9-13/h3,11-12H,4-9H2,1-2H3. The van der Waals surface area contributed by atoms with Crippen molar-refractivity contribution in [3.63, 3.8) is 0 Å². The lowest BCUT2D eigenvalue weighted by molar-refractivity contribution is 0.219. The first-order valence-electron chi connectivity index (χ1n) is 5.65. The zero-order valence-electron chi connectivity index (χ0n) is 8.92. The van der Waals surface area contributed by atoms with Crippen molar-refractivity contribution >= 4 is 0 Å². The minimum Gasteiger partial charge on any atom is -0.300 e. The van der Waals surface area contributed by atoms with Crippen LogP contribution >= 0.6 is 0 Å². The molecule has 2 unspecified atom stereocenters. The van der Waals surface area contributed by atoms with Crippen LogP contribution in [0.3, 0.4) is 0 Å². The van der Waals surface area contributed by atoms with Gasteiger partial charge in [-0.15, -0.1) is 0 Å². The van der Waals surface area contributed by atoms with E-state index < -0.39 is 0 Å². The highest BCUT2D eigenvalue weighted by Crippen LogP contribution is 2.26. The molecular formula is C12H21N. The molecule has 0 spiro atoms. The molecule has 0 radical (unpaired) electrons. The minimum atomic E-state index is 0.869. The Morgan fingerprint density at radius 1 is 1.38 bits per heavy atom. The average molecular weight is 179 g/mol. The van der Waals surface area contributed by atoms with Gasteiger partial charge in [0.15, 0.2) is 0 Å². The van der Waals surface area contributed by atoms with Crippen molar-refractivity contribution in [1.82, 2.24) is 4.90 Å². The zero-order chi connectivity index (χ0) is 9.26. The molecule has 2 atom stereocenters. The van der Waals surface area contributed by atoms with Crippen molar-refractivity contribution in [3.8, 4) is 0 Å². The fraction of sp³-hybridized carbons (Fsp3) is 0.833. The van der Waals surface area contributed by atoms with Crippen LogP contribution in [0.5, 0.6) is 0 Å². The predicted molar refractivity (Wildman–Crippen MR) is 56.8 cm³/mol. The van der Waals surface area contributed by atoms with E-state index in [0.29, 0.717) is 0 Å².